The van der Waals surface area contributed by atoms with Crippen LogP contribution in [0.15, 0.2) is 36.4 Å². The number of carbonyl (C=O) groups excluding carboxylic acids is 1. The first-order chi connectivity index (χ1) is 10.8. The topological polar surface area (TPSA) is 36.1 Å². The van der Waals surface area contributed by atoms with Crippen LogP contribution >= 0.6 is 0 Å². The Morgan fingerprint density at radius 1 is 1.18 bits per heavy atom. The minimum absolute atomic E-state index is 0.190. The predicted molar refractivity (Wildman–Crippen MR) is 86.4 cm³/mol. The number of aromatic amines is 1. The molecule has 5 rings (SSSR count). The molecule has 2 aliphatic heterocycles. The van der Waals surface area contributed by atoms with E-state index in [4.69, 9.17) is 0 Å². The first kappa shape index (κ1) is 12.5. The van der Waals surface area contributed by atoms with Gasteiger partial charge in [-0.3, -0.25) is 4.79 Å². The lowest BCUT2D eigenvalue weighted by molar-refractivity contribution is -0.134. The largest absolute Gasteiger partial charge is 0.356 e. The second-order valence-corrected chi connectivity index (χ2v) is 7.02. The fourth-order valence-corrected chi connectivity index (χ4v) is 4.93. The molecule has 1 amide bonds. The number of nitrogens with zero attached hydrogens (tertiary/aromatic N) is 1. The molecule has 1 fully saturated rings. The summed E-state index contributed by atoms with van der Waals surface area (Å²) in [4.78, 5) is 18.7. The molecule has 22 heavy (non-hydrogen) atoms. The summed E-state index contributed by atoms with van der Waals surface area (Å²) in [6.45, 7) is 2.21. The number of H-pyrrole nitrogens is 1. The first-order valence-corrected chi connectivity index (χ1v) is 8.32. The lowest BCUT2D eigenvalue weighted by Gasteiger charge is -2.37. The number of aromatic nitrogens is 1. The molecule has 1 saturated heterocycles. The second-order valence-electron chi connectivity index (χ2n) is 7.02. The van der Waals surface area contributed by atoms with Crippen molar-refractivity contribution in [1.82, 2.24) is 9.88 Å². The normalized spacial score (nSPS) is 33.0. The molecule has 1 N–H and O–H groups in total. The third kappa shape index (κ3) is 1.44. The van der Waals surface area contributed by atoms with Crippen molar-refractivity contribution in [2.24, 2.45) is 11.8 Å². The summed E-state index contributed by atoms with van der Waals surface area (Å²) in [6, 6.07) is 9.10. The SMILES string of the molecule is C[C@@H]1Cc2c([nH]c3ccccc23)[C@@H]2[C@H]3CC=CC[C@@H]3C(=O)N12. The Morgan fingerprint density at radius 2 is 2.00 bits per heavy atom. The Morgan fingerprint density at radius 3 is 2.91 bits per heavy atom. The van der Waals surface area contributed by atoms with Crippen LogP contribution in [0.5, 0.6) is 0 Å². The van der Waals surface area contributed by atoms with Gasteiger partial charge in [0.15, 0.2) is 0 Å². The molecule has 2 aromatic rings. The number of nitrogens with one attached hydrogen (secondary N) is 1. The summed E-state index contributed by atoms with van der Waals surface area (Å²) in [5.74, 6) is 0.998. The van der Waals surface area contributed by atoms with Crippen LogP contribution in [-0.2, 0) is 11.2 Å². The Labute approximate surface area is 130 Å². The highest BCUT2D eigenvalue weighted by molar-refractivity contribution is 5.88. The van der Waals surface area contributed by atoms with E-state index in [0.29, 0.717) is 17.9 Å². The van der Waals surface area contributed by atoms with Crippen molar-refractivity contribution in [2.75, 3.05) is 0 Å². The van der Waals surface area contributed by atoms with Gasteiger partial charge in [-0.1, -0.05) is 30.4 Å². The zero-order chi connectivity index (χ0) is 14.8. The zero-order valence-electron chi connectivity index (χ0n) is 12.8. The molecule has 4 atom stereocenters. The smallest absolute Gasteiger partial charge is 0.227 e. The van der Waals surface area contributed by atoms with E-state index < -0.39 is 0 Å². The summed E-state index contributed by atoms with van der Waals surface area (Å²) in [7, 11) is 0. The van der Waals surface area contributed by atoms with E-state index in [1.807, 2.05) is 0 Å². The maximum atomic E-state index is 12.9. The fraction of sp³-hybridized carbons (Fsp3) is 0.421. The highest BCUT2D eigenvalue weighted by Gasteiger charge is 2.52. The minimum atomic E-state index is 0.190. The van der Waals surface area contributed by atoms with Crippen molar-refractivity contribution in [3.05, 3.63) is 47.7 Å². The molecule has 3 heteroatoms. The molecule has 0 spiro atoms. The number of allylic oxidation sites excluding steroid dienone is 2. The van der Waals surface area contributed by atoms with E-state index in [9.17, 15) is 4.79 Å². The number of para-hydroxylation sites is 1. The molecule has 112 valence electrons. The summed E-state index contributed by atoms with van der Waals surface area (Å²) >= 11 is 0. The summed E-state index contributed by atoms with van der Waals surface area (Å²) in [6.07, 6.45) is 7.36. The van der Waals surface area contributed by atoms with Crippen molar-refractivity contribution in [2.45, 2.75) is 38.3 Å². The number of rotatable bonds is 0. The molecule has 1 aromatic heterocycles. The maximum Gasteiger partial charge on any atom is 0.227 e. The van der Waals surface area contributed by atoms with Gasteiger partial charge in [-0.25, -0.2) is 0 Å². The van der Waals surface area contributed by atoms with E-state index in [-0.39, 0.29) is 12.0 Å². The average molecular weight is 292 g/mol. The Hall–Kier alpha value is -2.03. The van der Waals surface area contributed by atoms with E-state index in [1.165, 1.54) is 22.2 Å². The van der Waals surface area contributed by atoms with Crippen molar-refractivity contribution >= 4 is 16.8 Å². The van der Waals surface area contributed by atoms with Crippen molar-refractivity contribution in [3.63, 3.8) is 0 Å². The van der Waals surface area contributed by atoms with E-state index >= 15 is 0 Å². The third-order valence-electron chi connectivity index (χ3n) is 5.88. The van der Waals surface area contributed by atoms with Gasteiger partial charge in [-0.2, -0.15) is 0 Å². The molecule has 0 bridgehead atoms. The standard InChI is InChI=1S/C19H20N2O/c1-11-10-15-12-6-4-5-9-16(12)20-17(15)18-13-7-2-3-8-14(13)19(22)21(11)18/h2-6,9,11,13-14,18,20H,7-8,10H2,1H3/t11-,13+,14+,18+/m1/s1. The summed E-state index contributed by atoms with van der Waals surface area (Å²) in [5.41, 5.74) is 3.95. The quantitative estimate of drug-likeness (QED) is 0.740. The molecular weight excluding hydrogens is 272 g/mol. The van der Waals surface area contributed by atoms with Crippen LogP contribution in [0, 0.1) is 11.8 Å². The highest BCUT2D eigenvalue weighted by Crippen LogP contribution is 2.51. The van der Waals surface area contributed by atoms with Crippen LogP contribution in [0.25, 0.3) is 10.9 Å². The van der Waals surface area contributed by atoms with E-state index in [2.05, 4.69) is 53.2 Å². The van der Waals surface area contributed by atoms with Crippen molar-refractivity contribution < 1.29 is 4.79 Å². The van der Waals surface area contributed by atoms with Gasteiger partial charge in [0, 0.05) is 34.5 Å². The van der Waals surface area contributed by atoms with Crippen LogP contribution in [0.2, 0.25) is 0 Å². The van der Waals surface area contributed by atoms with Crippen LogP contribution in [0.3, 0.4) is 0 Å². The van der Waals surface area contributed by atoms with Gasteiger partial charge < -0.3 is 9.88 Å². The molecule has 0 saturated carbocycles. The predicted octanol–water partition coefficient (Wildman–Crippen LogP) is 3.58. The fourth-order valence-electron chi connectivity index (χ4n) is 4.93. The maximum absolute atomic E-state index is 12.9. The van der Waals surface area contributed by atoms with Crippen molar-refractivity contribution in [3.8, 4) is 0 Å². The van der Waals surface area contributed by atoms with Crippen molar-refractivity contribution in [1.29, 1.82) is 0 Å². The summed E-state index contributed by atoms with van der Waals surface area (Å²) in [5, 5.41) is 1.34. The van der Waals surface area contributed by atoms with Gasteiger partial charge in [0.05, 0.1) is 6.04 Å². The van der Waals surface area contributed by atoms with Crippen LogP contribution in [0.4, 0.5) is 0 Å². The highest BCUT2D eigenvalue weighted by atomic mass is 16.2. The van der Waals surface area contributed by atoms with E-state index in [0.717, 1.165) is 19.3 Å². The monoisotopic (exact) mass is 292 g/mol. The third-order valence-corrected chi connectivity index (χ3v) is 5.88. The number of benzene rings is 1. The average Bonchev–Trinajstić information content (AvgIpc) is 3.05. The number of hydrogen-bond acceptors (Lipinski definition) is 1. The Balaban J connectivity index is 1.73. The number of carbonyl (C=O) groups is 1. The molecule has 3 aliphatic rings. The molecule has 3 heterocycles. The Kier molecular flexibility index (Phi) is 2.42. The molecule has 3 nitrogen and oxygen atoms in total. The van der Waals surface area contributed by atoms with Gasteiger partial charge in [-0.15, -0.1) is 0 Å². The minimum Gasteiger partial charge on any atom is -0.356 e. The van der Waals surface area contributed by atoms with Crippen LogP contribution in [0.1, 0.15) is 37.1 Å². The molecular formula is C19H20N2O. The molecule has 1 aliphatic carbocycles. The van der Waals surface area contributed by atoms with Gasteiger partial charge in [0.2, 0.25) is 5.91 Å². The Bertz CT molecular complexity index is 803. The molecule has 1 aromatic carbocycles. The van der Waals surface area contributed by atoms with Crippen LogP contribution in [-0.4, -0.2) is 21.8 Å². The first-order valence-electron chi connectivity index (χ1n) is 8.32. The van der Waals surface area contributed by atoms with E-state index in [1.54, 1.807) is 0 Å². The van der Waals surface area contributed by atoms with Gasteiger partial charge in [0.25, 0.3) is 0 Å². The number of amides is 1. The summed E-state index contributed by atoms with van der Waals surface area (Å²) < 4.78 is 0. The van der Waals surface area contributed by atoms with Crippen LogP contribution < -0.4 is 0 Å². The second kappa shape index (κ2) is 4.25. The van der Waals surface area contributed by atoms with Gasteiger partial charge in [0.1, 0.15) is 0 Å². The lowest BCUT2D eigenvalue weighted by atomic mass is 9.79. The number of hydrogen-bond donors (Lipinski definition) is 1. The molecule has 0 radical (unpaired) electrons. The van der Waals surface area contributed by atoms with Gasteiger partial charge >= 0.3 is 0 Å². The van der Waals surface area contributed by atoms with Gasteiger partial charge in [-0.05, 0) is 37.8 Å². The number of fused-ring (bicyclic) bond motifs is 7. The zero-order valence-corrected chi connectivity index (χ0v) is 12.8. The molecule has 0 unspecified atom stereocenters. The lowest BCUT2D eigenvalue weighted by Crippen LogP contribution is -2.42.